The first kappa shape index (κ1) is 18.7. The molecule has 5 nitrogen and oxygen atoms in total. The molecule has 0 N–H and O–H groups in total. The first-order chi connectivity index (χ1) is 13.4. The lowest BCUT2D eigenvalue weighted by Gasteiger charge is -2.19. The zero-order valence-corrected chi connectivity index (χ0v) is 16.8. The van der Waals surface area contributed by atoms with Crippen molar-refractivity contribution in [1.82, 2.24) is 14.8 Å². The highest BCUT2D eigenvalue weighted by Gasteiger charge is 2.23. The Morgan fingerprint density at radius 2 is 2.07 bits per heavy atom. The van der Waals surface area contributed by atoms with E-state index in [0.29, 0.717) is 27.8 Å². The summed E-state index contributed by atoms with van der Waals surface area (Å²) >= 11 is 2.42. The summed E-state index contributed by atoms with van der Waals surface area (Å²) in [4.78, 5) is 19.4. The number of hydrogen-bond donors (Lipinski definition) is 0. The van der Waals surface area contributed by atoms with Gasteiger partial charge in [-0.1, -0.05) is 17.4 Å². The number of thiazole rings is 1. The van der Waals surface area contributed by atoms with Gasteiger partial charge in [-0.05, 0) is 37.4 Å². The minimum Gasteiger partial charge on any atom is -0.281 e. The molecule has 0 unspecified atom stereocenters. The van der Waals surface area contributed by atoms with Gasteiger partial charge < -0.3 is 0 Å². The molecule has 0 spiro atoms. The molecule has 0 aliphatic carbocycles. The number of rotatable bonds is 5. The molecule has 0 atom stereocenters. The van der Waals surface area contributed by atoms with Crippen LogP contribution in [0.3, 0.4) is 0 Å². The average Bonchev–Trinajstić information content (AvgIpc) is 3.35. The van der Waals surface area contributed by atoms with Crippen molar-refractivity contribution >= 4 is 43.9 Å². The molecule has 9 heteroatoms. The van der Waals surface area contributed by atoms with Crippen LogP contribution in [0.15, 0.2) is 35.7 Å². The number of benzene rings is 1. The fourth-order valence-electron chi connectivity index (χ4n) is 2.97. The highest BCUT2D eigenvalue weighted by Crippen LogP contribution is 2.32. The van der Waals surface area contributed by atoms with E-state index < -0.39 is 11.6 Å². The number of aryl methyl sites for hydroxylation is 2. The Morgan fingerprint density at radius 1 is 1.25 bits per heavy atom. The van der Waals surface area contributed by atoms with Crippen molar-refractivity contribution in [3.8, 4) is 0 Å². The number of fused-ring (bicyclic) bond motifs is 1. The SMILES string of the molecule is Cc1cc(C)n(CCN(C(=O)c2cccs2)c2nc3c(F)cc(F)cc3s2)n1. The number of carbonyl (C=O) groups excluding carboxylic acids is 1. The van der Waals surface area contributed by atoms with E-state index in [4.69, 9.17) is 0 Å². The van der Waals surface area contributed by atoms with Gasteiger partial charge in [-0.2, -0.15) is 5.10 Å². The van der Waals surface area contributed by atoms with E-state index in [1.54, 1.807) is 12.1 Å². The molecule has 4 aromatic rings. The number of nitrogens with zero attached hydrogens (tertiary/aromatic N) is 4. The molecular formula is C19H16F2N4OS2. The number of hydrogen-bond acceptors (Lipinski definition) is 5. The summed E-state index contributed by atoms with van der Waals surface area (Å²) < 4.78 is 29.8. The molecule has 4 rings (SSSR count). The van der Waals surface area contributed by atoms with Crippen LogP contribution < -0.4 is 4.90 Å². The van der Waals surface area contributed by atoms with Crippen molar-refractivity contribution in [1.29, 1.82) is 0 Å². The van der Waals surface area contributed by atoms with Crippen LogP contribution in [-0.2, 0) is 6.54 Å². The van der Waals surface area contributed by atoms with Crippen LogP contribution in [0.2, 0.25) is 0 Å². The molecule has 0 aliphatic rings. The molecule has 0 fully saturated rings. The molecule has 3 heterocycles. The van der Waals surface area contributed by atoms with Crippen LogP contribution >= 0.6 is 22.7 Å². The number of thiophene rings is 1. The standard InChI is InChI=1S/C19H16F2N4OS2/c1-11-8-12(2)25(23-11)6-5-24(18(26)15-4-3-7-27-15)19-22-17-14(21)9-13(20)10-16(17)28-19/h3-4,7-10H,5-6H2,1-2H3. The van der Waals surface area contributed by atoms with E-state index in [9.17, 15) is 13.6 Å². The van der Waals surface area contributed by atoms with Crippen molar-refractivity contribution in [2.75, 3.05) is 11.4 Å². The van der Waals surface area contributed by atoms with Crippen molar-refractivity contribution < 1.29 is 13.6 Å². The summed E-state index contributed by atoms with van der Waals surface area (Å²) in [6.45, 7) is 4.62. The molecule has 0 radical (unpaired) electrons. The van der Waals surface area contributed by atoms with Crippen LogP contribution in [0.5, 0.6) is 0 Å². The largest absolute Gasteiger partial charge is 0.281 e. The Hall–Kier alpha value is -2.65. The minimum absolute atomic E-state index is 0.0662. The molecule has 0 saturated carbocycles. The average molecular weight is 418 g/mol. The number of amides is 1. The third kappa shape index (κ3) is 3.55. The quantitative estimate of drug-likeness (QED) is 0.468. The lowest BCUT2D eigenvalue weighted by atomic mass is 10.3. The van der Waals surface area contributed by atoms with Crippen LogP contribution in [0.1, 0.15) is 21.1 Å². The van der Waals surface area contributed by atoms with Gasteiger partial charge in [0.2, 0.25) is 0 Å². The molecule has 0 saturated heterocycles. The van der Waals surface area contributed by atoms with Gasteiger partial charge >= 0.3 is 0 Å². The maximum atomic E-state index is 14.1. The van der Waals surface area contributed by atoms with Crippen LogP contribution in [-0.4, -0.2) is 27.2 Å². The van der Waals surface area contributed by atoms with Gasteiger partial charge in [0.15, 0.2) is 10.9 Å². The minimum atomic E-state index is -0.737. The van der Waals surface area contributed by atoms with Gasteiger partial charge in [-0.15, -0.1) is 11.3 Å². The highest BCUT2D eigenvalue weighted by atomic mass is 32.1. The predicted octanol–water partition coefficient (Wildman–Crippen LogP) is 4.80. The zero-order valence-electron chi connectivity index (χ0n) is 15.1. The topological polar surface area (TPSA) is 51.0 Å². The summed E-state index contributed by atoms with van der Waals surface area (Å²) in [7, 11) is 0. The van der Waals surface area contributed by atoms with Crippen molar-refractivity contribution in [2.45, 2.75) is 20.4 Å². The molecule has 3 aromatic heterocycles. The van der Waals surface area contributed by atoms with Crippen molar-refractivity contribution in [3.63, 3.8) is 0 Å². The first-order valence-corrected chi connectivity index (χ1v) is 10.2. The predicted molar refractivity (Wildman–Crippen MR) is 107 cm³/mol. The maximum absolute atomic E-state index is 14.1. The first-order valence-electron chi connectivity index (χ1n) is 8.54. The lowest BCUT2D eigenvalue weighted by Crippen LogP contribution is -2.33. The van der Waals surface area contributed by atoms with Crippen molar-refractivity contribution in [2.24, 2.45) is 0 Å². The summed E-state index contributed by atoms with van der Waals surface area (Å²) in [6.07, 6.45) is 0. The summed E-state index contributed by atoms with van der Waals surface area (Å²) in [6, 6.07) is 7.52. The van der Waals surface area contributed by atoms with Crippen LogP contribution in [0, 0.1) is 25.5 Å². The Labute approximate surface area is 167 Å². The van der Waals surface area contributed by atoms with E-state index in [2.05, 4.69) is 10.1 Å². The van der Waals surface area contributed by atoms with Gasteiger partial charge in [0, 0.05) is 18.3 Å². The number of aromatic nitrogens is 3. The van der Waals surface area contributed by atoms with Gasteiger partial charge in [-0.3, -0.25) is 14.4 Å². The number of carbonyl (C=O) groups is 1. The second-order valence-electron chi connectivity index (χ2n) is 6.32. The third-order valence-electron chi connectivity index (χ3n) is 4.25. The fraction of sp³-hybridized carbons (Fsp3) is 0.211. The second-order valence-corrected chi connectivity index (χ2v) is 8.27. The van der Waals surface area contributed by atoms with E-state index in [1.165, 1.54) is 22.3 Å². The van der Waals surface area contributed by atoms with E-state index in [-0.39, 0.29) is 11.4 Å². The third-order valence-corrected chi connectivity index (χ3v) is 6.13. The van der Waals surface area contributed by atoms with Gasteiger partial charge in [0.05, 0.1) is 21.8 Å². The Kier molecular flexibility index (Phi) is 4.94. The summed E-state index contributed by atoms with van der Waals surface area (Å²) in [5.74, 6) is -1.63. The summed E-state index contributed by atoms with van der Waals surface area (Å²) in [5, 5.41) is 6.57. The summed E-state index contributed by atoms with van der Waals surface area (Å²) in [5.41, 5.74) is 1.95. The Morgan fingerprint density at radius 3 is 2.75 bits per heavy atom. The molecule has 144 valence electrons. The maximum Gasteiger partial charge on any atom is 0.270 e. The number of halogens is 2. The van der Waals surface area contributed by atoms with E-state index in [0.717, 1.165) is 28.8 Å². The van der Waals surface area contributed by atoms with Gasteiger partial charge in [0.1, 0.15) is 11.3 Å². The lowest BCUT2D eigenvalue weighted by molar-refractivity contribution is 0.0989. The molecule has 1 amide bonds. The Balaban J connectivity index is 1.71. The van der Waals surface area contributed by atoms with Gasteiger partial charge in [0.25, 0.3) is 5.91 Å². The van der Waals surface area contributed by atoms with E-state index >= 15 is 0 Å². The van der Waals surface area contributed by atoms with Crippen LogP contribution in [0.25, 0.3) is 10.2 Å². The number of anilines is 1. The zero-order chi connectivity index (χ0) is 19.8. The molecule has 0 aliphatic heterocycles. The fourth-order valence-corrected chi connectivity index (χ4v) is 4.68. The monoisotopic (exact) mass is 418 g/mol. The molecule has 1 aromatic carbocycles. The Bertz CT molecular complexity index is 1150. The molecule has 0 bridgehead atoms. The van der Waals surface area contributed by atoms with Crippen LogP contribution in [0.4, 0.5) is 13.9 Å². The smallest absolute Gasteiger partial charge is 0.270 e. The molecule has 28 heavy (non-hydrogen) atoms. The van der Waals surface area contributed by atoms with Gasteiger partial charge in [-0.25, -0.2) is 13.8 Å². The normalized spacial score (nSPS) is 11.3. The second kappa shape index (κ2) is 7.40. The van der Waals surface area contributed by atoms with Crippen molar-refractivity contribution in [3.05, 3.63) is 63.6 Å². The van der Waals surface area contributed by atoms with E-state index in [1.807, 2.05) is 30.0 Å². The highest BCUT2D eigenvalue weighted by molar-refractivity contribution is 7.22. The molecular weight excluding hydrogens is 402 g/mol.